The van der Waals surface area contributed by atoms with E-state index in [1.54, 1.807) is 12.1 Å². The highest BCUT2D eigenvalue weighted by Gasteiger charge is 2.10. The van der Waals surface area contributed by atoms with Crippen molar-refractivity contribution < 1.29 is 4.79 Å². The summed E-state index contributed by atoms with van der Waals surface area (Å²) >= 11 is 0. The molecule has 2 aromatic rings. The highest BCUT2D eigenvalue weighted by Crippen LogP contribution is 2.25. The molecule has 21 heavy (non-hydrogen) atoms. The second-order valence-corrected chi connectivity index (χ2v) is 5.45. The lowest BCUT2D eigenvalue weighted by molar-refractivity contribution is 0.105. The summed E-state index contributed by atoms with van der Waals surface area (Å²) in [6.45, 7) is 10.5. The third-order valence-corrected chi connectivity index (χ3v) is 4.34. The summed E-state index contributed by atoms with van der Waals surface area (Å²) in [5.74, 6) is 5.74. The van der Waals surface area contributed by atoms with Crippen molar-refractivity contribution in [3.8, 4) is 11.8 Å². The zero-order valence-electron chi connectivity index (χ0n) is 13.3. The van der Waals surface area contributed by atoms with Crippen molar-refractivity contribution in [2.75, 3.05) is 0 Å². The van der Waals surface area contributed by atoms with E-state index >= 15 is 0 Å². The fourth-order valence-electron chi connectivity index (χ4n) is 2.47. The number of Topliss-reactive ketones (excluding diaryl/α,β-unsaturated/α-hetero) is 1. The van der Waals surface area contributed by atoms with Gasteiger partial charge in [-0.25, -0.2) is 0 Å². The minimum atomic E-state index is -0.134. The Kier molecular flexibility index (Phi) is 4.29. The third-order valence-electron chi connectivity index (χ3n) is 4.34. The van der Waals surface area contributed by atoms with Gasteiger partial charge in [0.2, 0.25) is 5.78 Å². The van der Waals surface area contributed by atoms with Crippen LogP contribution in [0.4, 0.5) is 0 Å². The summed E-state index contributed by atoms with van der Waals surface area (Å²) in [5.41, 5.74) is 7.79. The van der Waals surface area contributed by atoms with Gasteiger partial charge in [0.25, 0.3) is 0 Å². The average Bonchev–Trinajstić information content (AvgIpc) is 2.51. The third kappa shape index (κ3) is 2.90. The van der Waals surface area contributed by atoms with Crippen molar-refractivity contribution in [1.82, 2.24) is 0 Å². The molecule has 2 aromatic carbocycles. The van der Waals surface area contributed by atoms with Crippen LogP contribution < -0.4 is 0 Å². The van der Waals surface area contributed by atoms with Gasteiger partial charge in [0.1, 0.15) is 0 Å². The number of ketones is 1. The molecule has 0 N–H and O–H groups in total. The molecule has 0 heterocycles. The second-order valence-electron chi connectivity index (χ2n) is 5.45. The quantitative estimate of drug-likeness (QED) is 0.555. The summed E-state index contributed by atoms with van der Waals surface area (Å²) in [5, 5.41) is 0. The van der Waals surface area contributed by atoms with E-state index in [-0.39, 0.29) is 5.78 Å². The Bertz CT molecular complexity index is 727. The molecule has 0 spiro atoms. The lowest BCUT2D eigenvalue weighted by Gasteiger charge is -2.14. The first-order chi connectivity index (χ1) is 9.93. The van der Waals surface area contributed by atoms with Gasteiger partial charge in [-0.15, -0.1) is 0 Å². The van der Waals surface area contributed by atoms with Crippen molar-refractivity contribution in [3.05, 3.63) is 69.3 Å². The predicted molar refractivity (Wildman–Crippen MR) is 87.8 cm³/mol. The maximum Gasteiger partial charge on any atom is 0.236 e. The van der Waals surface area contributed by atoms with Gasteiger partial charge < -0.3 is 0 Å². The van der Waals surface area contributed by atoms with Gasteiger partial charge in [-0.3, -0.25) is 4.79 Å². The normalized spacial score (nSPS) is 9.95. The van der Waals surface area contributed by atoms with Crippen molar-refractivity contribution in [2.24, 2.45) is 0 Å². The van der Waals surface area contributed by atoms with Crippen LogP contribution in [0.5, 0.6) is 0 Å². The minimum Gasteiger partial charge on any atom is -0.279 e. The minimum absolute atomic E-state index is 0.134. The summed E-state index contributed by atoms with van der Waals surface area (Å²) in [6, 6.07) is 9.19. The Morgan fingerprint density at radius 2 is 1.24 bits per heavy atom. The molecule has 0 saturated carbocycles. The van der Waals surface area contributed by atoms with Crippen molar-refractivity contribution in [2.45, 2.75) is 34.6 Å². The van der Waals surface area contributed by atoms with E-state index in [0.717, 1.165) is 5.56 Å². The molecular weight excluding hydrogens is 256 g/mol. The van der Waals surface area contributed by atoms with Crippen LogP contribution in [0.25, 0.3) is 0 Å². The Morgan fingerprint density at radius 3 is 1.76 bits per heavy atom. The van der Waals surface area contributed by atoms with E-state index in [2.05, 4.69) is 46.5 Å². The maximum atomic E-state index is 12.1. The van der Waals surface area contributed by atoms with E-state index in [0.29, 0.717) is 5.56 Å². The molecule has 0 atom stereocenters. The fraction of sp³-hybridized carbons (Fsp3) is 0.250. The standard InChI is InChI=1S/C20H20O/c1-13-14(2)16(4)19(17(5)15(13)3)11-12-20(21)18-9-7-6-8-10-18/h6-10H,1-5H3. The molecule has 0 aliphatic rings. The van der Waals surface area contributed by atoms with Crippen LogP contribution in [0.2, 0.25) is 0 Å². The molecule has 0 aliphatic heterocycles. The van der Waals surface area contributed by atoms with Gasteiger partial charge in [0.15, 0.2) is 0 Å². The number of carbonyl (C=O) groups is 1. The highest BCUT2D eigenvalue weighted by molar-refractivity contribution is 6.09. The van der Waals surface area contributed by atoms with Gasteiger partial charge in [0.05, 0.1) is 0 Å². The van der Waals surface area contributed by atoms with Crippen LogP contribution in [0.1, 0.15) is 43.7 Å². The molecule has 0 bridgehead atoms. The summed E-state index contributed by atoms with van der Waals surface area (Å²) < 4.78 is 0. The van der Waals surface area contributed by atoms with Gasteiger partial charge in [0, 0.05) is 11.1 Å². The summed E-state index contributed by atoms with van der Waals surface area (Å²) in [4.78, 5) is 12.1. The molecule has 106 valence electrons. The summed E-state index contributed by atoms with van der Waals surface area (Å²) in [7, 11) is 0. The molecule has 0 fully saturated rings. The molecular formula is C20H20O. The fourth-order valence-corrected chi connectivity index (χ4v) is 2.47. The van der Waals surface area contributed by atoms with Crippen LogP contribution in [0.3, 0.4) is 0 Å². The van der Waals surface area contributed by atoms with E-state index in [1.807, 2.05) is 18.2 Å². The Hall–Kier alpha value is -2.33. The highest BCUT2D eigenvalue weighted by atomic mass is 16.1. The van der Waals surface area contributed by atoms with Crippen LogP contribution in [-0.4, -0.2) is 5.78 Å². The number of hydrogen-bond donors (Lipinski definition) is 0. The first-order valence-corrected chi connectivity index (χ1v) is 7.11. The lowest BCUT2D eigenvalue weighted by atomic mass is 9.90. The van der Waals surface area contributed by atoms with E-state index < -0.39 is 0 Å². The van der Waals surface area contributed by atoms with E-state index in [9.17, 15) is 4.79 Å². The first kappa shape index (κ1) is 15.1. The largest absolute Gasteiger partial charge is 0.279 e. The Morgan fingerprint density at radius 1 is 0.762 bits per heavy atom. The molecule has 0 unspecified atom stereocenters. The van der Waals surface area contributed by atoms with Crippen molar-refractivity contribution in [3.63, 3.8) is 0 Å². The molecule has 2 rings (SSSR count). The van der Waals surface area contributed by atoms with Crippen LogP contribution >= 0.6 is 0 Å². The van der Waals surface area contributed by atoms with Crippen LogP contribution in [-0.2, 0) is 0 Å². The first-order valence-electron chi connectivity index (χ1n) is 7.11. The monoisotopic (exact) mass is 276 g/mol. The van der Waals surface area contributed by atoms with Crippen LogP contribution in [0.15, 0.2) is 30.3 Å². The maximum absolute atomic E-state index is 12.1. The predicted octanol–water partition coefficient (Wildman–Crippen LogP) is 4.46. The van der Waals surface area contributed by atoms with Gasteiger partial charge >= 0.3 is 0 Å². The summed E-state index contributed by atoms with van der Waals surface area (Å²) in [6.07, 6.45) is 0. The lowest BCUT2D eigenvalue weighted by Crippen LogP contribution is -2.01. The molecule has 0 aromatic heterocycles. The van der Waals surface area contributed by atoms with Gasteiger partial charge in [-0.1, -0.05) is 36.3 Å². The molecule has 1 nitrogen and oxygen atoms in total. The Labute approximate surface area is 127 Å². The molecule has 0 radical (unpaired) electrons. The SMILES string of the molecule is Cc1c(C)c(C)c(C#CC(=O)c2ccccc2)c(C)c1C. The van der Waals surface area contributed by atoms with Gasteiger partial charge in [-0.2, -0.15) is 0 Å². The number of hydrogen-bond acceptors (Lipinski definition) is 1. The van der Waals surface area contributed by atoms with Crippen molar-refractivity contribution in [1.29, 1.82) is 0 Å². The molecule has 0 saturated heterocycles. The van der Waals surface area contributed by atoms with Crippen LogP contribution in [0, 0.1) is 46.5 Å². The smallest absolute Gasteiger partial charge is 0.236 e. The number of carbonyl (C=O) groups excluding carboxylic acids is 1. The molecule has 0 aliphatic carbocycles. The topological polar surface area (TPSA) is 17.1 Å². The van der Waals surface area contributed by atoms with Crippen molar-refractivity contribution >= 4 is 5.78 Å². The average molecular weight is 276 g/mol. The second kappa shape index (κ2) is 5.97. The zero-order valence-corrected chi connectivity index (χ0v) is 13.3. The molecule has 1 heteroatoms. The number of benzene rings is 2. The zero-order chi connectivity index (χ0) is 15.6. The Balaban J connectivity index is 2.47. The van der Waals surface area contributed by atoms with E-state index in [1.165, 1.54) is 27.8 Å². The molecule has 0 amide bonds. The van der Waals surface area contributed by atoms with E-state index in [4.69, 9.17) is 0 Å². The number of rotatable bonds is 1. The van der Waals surface area contributed by atoms with Gasteiger partial charge in [-0.05, 0) is 68.4 Å².